The lowest BCUT2D eigenvalue weighted by molar-refractivity contribution is -0.147. The van der Waals surface area contributed by atoms with Crippen molar-refractivity contribution in [2.45, 2.75) is 43.6 Å². The molecule has 1 aliphatic heterocycles. The van der Waals surface area contributed by atoms with Gasteiger partial charge in [-0.15, -0.1) is 0 Å². The number of carbonyl (C=O) groups excluding carboxylic acids is 2. The van der Waals surface area contributed by atoms with Crippen LogP contribution in [0.1, 0.15) is 48.6 Å². The molecule has 0 spiro atoms. The average molecular weight is 507 g/mol. The van der Waals surface area contributed by atoms with Crippen LogP contribution in [0.5, 0.6) is 0 Å². The predicted molar refractivity (Wildman–Crippen MR) is 137 cm³/mol. The van der Waals surface area contributed by atoms with Crippen LogP contribution in [-0.4, -0.2) is 65.3 Å². The summed E-state index contributed by atoms with van der Waals surface area (Å²) in [7, 11) is 0. The molecule has 37 heavy (non-hydrogen) atoms. The molecular weight excluding hydrogens is 472 g/mol. The first kappa shape index (κ1) is 25.1. The third-order valence-electron chi connectivity index (χ3n) is 8.26. The number of hydrogen-bond donors (Lipinski definition) is 4. The van der Waals surface area contributed by atoms with Gasteiger partial charge < -0.3 is 20.2 Å². The molecule has 3 amide bonds. The van der Waals surface area contributed by atoms with Crippen molar-refractivity contribution in [1.82, 2.24) is 15.7 Å². The predicted octanol–water partition coefficient (Wildman–Crippen LogP) is 3.16. The van der Waals surface area contributed by atoms with Crippen LogP contribution in [-0.2, 0) is 9.59 Å². The van der Waals surface area contributed by atoms with E-state index < -0.39 is 23.8 Å². The summed E-state index contributed by atoms with van der Waals surface area (Å²) in [5.41, 5.74) is 5.15. The van der Waals surface area contributed by atoms with Gasteiger partial charge in [-0.2, -0.15) is 0 Å². The van der Waals surface area contributed by atoms with E-state index in [0.29, 0.717) is 25.9 Å². The van der Waals surface area contributed by atoms with E-state index in [1.807, 2.05) is 35.2 Å². The summed E-state index contributed by atoms with van der Waals surface area (Å²) >= 11 is 0. The Labute approximate surface area is 216 Å². The van der Waals surface area contributed by atoms with Crippen LogP contribution in [0.25, 0.3) is 0 Å². The molecule has 1 saturated heterocycles. The molecule has 3 fully saturated rings. The molecule has 2 aromatic carbocycles. The molecule has 2 unspecified atom stereocenters. The second-order valence-electron chi connectivity index (χ2n) is 10.4. The summed E-state index contributed by atoms with van der Waals surface area (Å²) in [6, 6.07) is 18.3. The maximum atomic E-state index is 13.5. The van der Waals surface area contributed by atoms with Crippen molar-refractivity contribution >= 4 is 23.6 Å². The number of nitrogens with one attached hydrogen (secondary N) is 2. The van der Waals surface area contributed by atoms with Crippen LogP contribution < -0.4 is 15.7 Å². The van der Waals surface area contributed by atoms with Gasteiger partial charge >= 0.3 is 6.09 Å². The van der Waals surface area contributed by atoms with Gasteiger partial charge in [0.25, 0.3) is 0 Å². The molecule has 0 radical (unpaired) electrons. The molecule has 9 heteroatoms. The molecule has 5 rings (SSSR count). The average Bonchev–Trinajstić information content (AvgIpc) is 3.71. The number of piperazine rings is 1. The van der Waals surface area contributed by atoms with Crippen molar-refractivity contribution in [3.63, 3.8) is 0 Å². The lowest BCUT2D eigenvalue weighted by atomic mass is 9.71. The van der Waals surface area contributed by atoms with Crippen molar-refractivity contribution in [2.24, 2.45) is 11.8 Å². The van der Waals surface area contributed by atoms with Gasteiger partial charge in [-0.1, -0.05) is 42.5 Å². The van der Waals surface area contributed by atoms with E-state index in [-0.39, 0.29) is 23.8 Å². The Bertz CT molecular complexity index is 1120. The molecule has 0 aromatic heterocycles. The number of rotatable bonds is 6. The van der Waals surface area contributed by atoms with Gasteiger partial charge in [-0.05, 0) is 54.9 Å². The summed E-state index contributed by atoms with van der Waals surface area (Å²) in [4.78, 5) is 41.2. The van der Waals surface area contributed by atoms with E-state index >= 15 is 0 Å². The van der Waals surface area contributed by atoms with Gasteiger partial charge in [0.1, 0.15) is 0 Å². The molecule has 196 valence electrons. The summed E-state index contributed by atoms with van der Waals surface area (Å²) < 4.78 is 0. The Kier molecular flexibility index (Phi) is 7.32. The zero-order valence-corrected chi connectivity index (χ0v) is 20.8. The van der Waals surface area contributed by atoms with Gasteiger partial charge in [0.15, 0.2) is 0 Å². The van der Waals surface area contributed by atoms with Crippen molar-refractivity contribution in [3.8, 4) is 0 Å². The highest BCUT2D eigenvalue weighted by molar-refractivity contribution is 5.87. The first-order valence-corrected chi connectivity index (χ1v) is 13.1. The number of benzene rings is 2. The number of anilines is 1. The molecule has 5 atom stereocenters. The Balaban J connectivity index is 1.21. The van der Waals surface area contributed by atoms with Gasteiger partial charge in [0.05, 0.1) is 5.92 Å². The highest BCUT2D eigenvalue weighted by Gasteiger charge is 2.42. The van der Waals surface area contributed by atoms with E-state index in [1.54, 1.807) is 5.48 Å². The highest BCUT2D eigenvalue weighted by Crippen LogP contribution is 2.43. The standard InChI is InChI=1S/C28H34N4O5/c33-26(30-37)24-16-20(18-6-8-19(9-7-18)23-17-25(23)29-28(35)36)10-11-22(24)27(34)32-14-12-31(13-15-32)21-4-2-1-3-5-21/h1-9,20,22-25,29,37H,10-17H2,(H,30,33)(H,35,36)/t20-,22+,23?,24+,25?/m1/s1. The third kappa shape index (κ3) is 5.56. The van der Waals surface area contributed by atoms with Gasteiger partial charge in [-0.25, -0.2) is 10.3 Å². The van der Waals surface area contributed by atoms with Crippen molar-refractivity contribution in [3.05, 3.63) is 65.7 Å². The minimum atomic E-state index is -0.998. The van der Waals surface area contributed by atoms with Gasteiger partial charge in [0, 0.05) is 49.7 Å². The minimum absolute atomic E-state index is 0.000755. The SMILES string of the molecule is O=C(O)NC1CC1c1ccc([C@@H]2CC[C@H](C(=O)N3CCN(c4ccccc4)CC3)[C@@H](C(=O)NO)C2)cc1. The Morgan fingerprint density at radius 2 is 1.49 bits per heavy atom. The van der Waals surface area contributed by atoms with E-state index in [4.69, 9.17) is 5.11 Å². The summed E-state index contributed by atoms with van der Waals surface area (Å²) in [5, 5.41) is 20.9. The molecular formula is C28H34N4O5. The summed E-state index contributed by atoms with van der Waals surface area (Å²) in [6.45, 7) is 2.72. The fourth-order valence-corrected chi connectivity index (χ4v) is 6.10. The molecule has 9 nitrogen and oxygen atoms in total. The first-order valence-electron chi connectivity index (χ1n) is 13.1. The number of para-hydroxylation sites is 1. The smallest absolute Gasteiger partial charge is 0.404 e. The lowest BCUT2D eigenvalue weighted by Crippen LogP contribution is -2.53. The normalized spacial score (nSPS) is 27.3. The quantitative estimate of drug-likeness (QED) is 0.353. The zero-order chi connectivity index (χ0) is 25.9. The van der Waals surface area contributed by atoms with E-state index in [2.05, 4.69) is 34.5 Å². The molecule has 3 aliphatic rings. The highest BCUT2D eigenvalue weighted by atomic mass is 16.5. The number of nitrogens with zero attached hydrogens (tertiary/aromatic N) is 2. The number of amides is 3. The van der Waals surface area contributed by atoms with Gasteiger partial charge in [0.2, 0.25) is 11.8 Å². The van der Waals surface area contributed by atoms with Crippen LogP contribution in [0.4, 0.5) is 10.5 Å². The van der Waals surface area contributed by atoms with E-state index in [0.717, 1.165) is 42.7 Å². The molecule has 0 bridgehead atoms. The number of carbonyl (C=O) groups is 3. The number of carboxylic acid groups (broad SMARTS) is 1. The van der Waals surface area contributed by atoms with Crippen LogP contribution in [0.15, 0.2) is 54.6 Å². The fraction of sp³-hybridized carbons (Fsp3) is 0.464. The monoisotopic (exact) mass is 506 g/mol. The van der Waals surface area contributed by atoms with E-state index in [1.165, 1.54) is 0 Å². The molecule has 4 N–H and O–H groups in total. The number of hydrogen-bond acceptors (Lipinski definition) is 5. The second-order valence-corrected chi connectivity index (χ2v) is 10.4. The molecule has 2 aliphatic carbocycles. The van der Waals surface area contributed by atoms with Gasteiger partial charge in [-0.3, -0.25) is 14.8 Å². The maximum absolute atomic E-state index is 13.5. The van der Waals surface area contributed by atoms with Crippen LogP contribution in [0, 0.1) is 11.8 Å². The van der Waals surface area contributed by atoms with Crippen LogP contribution in [0.3, 0.4) is 0 Å². The zero-order valence-electron chi connectivity index (χ0n) is 20.8. The van der Waals surface area contributed by atoms with Crippen LogP contribution in [0.2, 0.25) is 0 Å². The van der Waals surface area contributed by atoms with Crippen LogP contribution >= 0.6 is 0 Å². The lowest BCUT2D eigenvalue weighted by Gasteiger charge is -2.41. The number of hydroxylamine groups is 1. The Hall–Kier alpha value is -3.59. The fourth-order valence-electron chi connectivity index (χ4n) is 6.10. The Morgan fingerprint density at radius 1 is 0.811 bits per heavy atom. The van der Waals surface area contributed by atoms with Crippen molar-refractivity contribution in [1.29, 1.82) is 0 Å². The molecule has 2 aromatic rings. The largest absolute Gasteiger partial charge is 0.465 e. The minimum Gasteiger partial charge on any atom is -0.465 e. The first-order chi connectivity index (χ1) is 17.9. The molecule has 1 heterocycles. The summed E-state index contributed by atoms with van der Waals surface area (Å²) in [6.07, 6.45) is 1.69. The maximum Gasteiger partial charge on any atom is 0.404 e. The summed E-state index contributed by atoms with van der Waals surface area (Å²) in [5.74, 6) is -1.21. The van der Waals surface area contributed by atoms with E-state index in [9.17, 15) is 19.6 Å². The second kappa shape index (κ2) is 10.8. The Morgan fingerprint density at radius 3 is 2.14 bits per heavy atom. The van der Waals surface area contributed by atoms with Crippen molar-refractivity contribution < 1.29 is 24.7 Å². The topological polar surface area (TPSA) is 122 Å². The van der Waals surface area contributed by atoms with Crippen molar-refractivity contribution in [2.75, 3.05) is 31.1 Å². The molecule has 2 saturated carbocycles. The third-order valence-corrected chi connectivity index (χ3v) is 8.26.